The van der Waals surface area contributed by atoms with E-state index < -0.39 is 0 Å². The molecule has 0 radical (unpaired) electrons. The van der Waals surface area contributed by atoms with Gasteiger partial charge in [0, 0.05) is 5.56 Å². The molecule has 0 unspecified atom stereocenters. The van der Waals surface area contributed by atoms with Crippen molar-refractivity contribution in [3.63, 3.8) is 0 Å². The molecular formula is C11H13NO2. The molecule has 0 amide bonds. The van der Waals surface area contributed by atoms with Gasteiger partial charge in [-0.25, -0.2) is 0 Å². The third-order valence-electron chi connectivity index (χ3n) is 2.46. The summed E-state index contributed by atoms with van der Waals surface area (Å²) in [6.45, 7) is 0. The van der Waals surface area contributed by atoms with E-state index >= 15 is 0 Å². The normalized spacial score (nSPS) is 16.9. The van der Waals surface area contributed by atoms with E-state index in [0.717, 1.165) is 29.9 Å². The highest BCUT2D eigenvalue weighted by Crippen LogP contribution is 2.26. The lowest BCUT2D eigenvalue weighted by Gasteiger charge is -2.03. The van der Waals surface area contributed by atoms with Crippen LogP contribution >= 0.6 is 0 Å². The first-order valence-electron chi connectivity index (χ1n) is 4.62. The van der Waals surface area contributed by atoms with Gasteiger partial charge >= 0.3 is 0 Å². The number of fused-ring (bicyclic) bond motifs is 1. The lowest BCUT2D eigenvalue weighted by atomic mass is 10.1. The monoisotopic (exact) mass is 191 g/mol. The minimum Gasteiger partial charge on any atom is -0.497 e. The average molecular weight is 191 g/mol. The Labute approximate surface area is 83.3 Å². The Balaban J connectivity index is 2.42. The van der Waals surface area contributed by atoms with E-state index in [9.17, 15) is 0 Å². The summed E-state index contributed by atoms with van der Waals surface area (Å²) in [6.07, 6.45) is 2.00. The van der Waals surface area contributed by atoms with Crippen molar-refractivity contribution in [2.24, 2.45) is 5.16 Å². The van der Waals surface area contributed by atoms with E-state index in [0.29, 0.717) is 0 Å². The van der Waals surface area contributed by atoms with Gasteiger partial charge in [-0.05, 0) is 30.5 Å². The highest BCUT2D eigenvalue weighted by molar-refractivity contribution is 6.04. The molecule has 0 atom stereocenters. The second-order valence-electron chi connectivity index (χ2n) is 3.24. The van der Waals surface area contributed by atoms with Crippen molar-refractivity contribution in [3.8, 4) is 5.75 Å². The van der Waals surface area contributed by atoms with Crippen LogP contribution in [0.5, 0.6) is 5.75 Å². The zero-order chi connectivity index (χ0) is 9.97. The zero-order valence-electron chi connectivity index (χ0n) is 8.41. The molecule has 0 heterocycles. The molecule has 0 saturated carbocycles. The number of methoxy groups -OCH3 is 1. The van der Waals surface area contributed by atoms with Crippen LogP contribution in [0.25, 0.3) is 0 Å². The van der Waals surface area contributed by atoms with Crippen LogP contribution in [0.3, 0.4) is 0 Å². The van der Waals surface area contributed by atoms with Crippen molar-refractivity contribution in [2.45, 2.75) is 12.8 Å². The molecule has 1 aliphatic rings. The molecule has 0 bridgehead atoms. The van der Waals surface area contributed by atoms with Crippen molar-refractivity contribution in [3.05, 3.63) is 29.3 Å². The molecule has 0 aliphatic heterocycles. The predicted octanol–water partition coefficient (Wildman–Crippen LogP) is 1.99. The van der Waals surface area contributed by atoms with Gasteiger partial charge in [-0.15, -0.1) is 0 Å². The topological polar surface area (TPSA) is 30.8 Å². The van der Waals surface area contributed by atoms with E-state index in [2.05, 4.69) is 11.2 Å². The fourth-order valence-corrected chi connectivity index (χ4v) is 1.76. The maximum atomic E-state index is 5.17. The Morgan fingerprint density at radius 3 is 2.79 bits per heavy atom. The quantitative estimate of drug-likeness (QED) is 0.669. The summed E-state index contributed by atoms with van der Waals surface area (Å²) in [5, 5.41) is 4.00. The number of nitrogens with zero attached hydrogens (tertiary/aromatic N) is 1. The Kier molecular flexibility index (Phi) is 2.39. The molecule has 74 valence electrons. The number of hydrogen-bond donors (Lipinski definition) is 0. The van der Waals surface area contributed by atoms with Crippen LogP contribution in [0.2, 0.25) is 0 Å². The van der Waals surface area contributed by atoms with E-state index in [1.54, 1.807) is 14.2 Å². The lowest BCUT2D eigenvalue weighted by Crippen LogP contribution is -1.95. The maximum Gasteiger partial charge on any atom is 0.119 e. The smallest absolute Gasteiger partial charge is 0.119 e. The van der Waals surface area contributed by atoms with Gasteiger partial charge in [0.25, 0.3) is 0 Å². The Morgan fingerprint density at radius 1 is 1.21 bits per heavy atom. The summed E-state index contributed by atoms with van der Waals surface area (Å²) in [5.74, 6) is 0.870. The van der Waals surface area contributed by atoms with Crippen LogP contribution in [0, 0.1) is 0 Å². The largest absolute Gasteiger partial charge is 0.497 e. The first kappa shape index (κ1) is 9.06. The van der Waals surface area contributed by atoms with Crippen LogP contribution in [-0.4, -0.2) is 19.9 Å². The summed E-state index contributed by atoms with van der Waals surface area (Å²) in [5.41, 5.74) is 3.49. The molecule has 1 aromatic rings. The van der Waals surface area contributed by atoms with Gasteiger partial charge in [0.05, 0.1) is 12.8 Å². The molecule has 2 rings (SSSR count). The summed E-state index contributed by atoms with van der Waals surface area (Å²) >= 11 is 0. The van der Waals surface area contributed by atoms with E-state index in [-0.39, 0.29) is 0 Å². The minimum absolute atomic E-state index is 0.870. The zero-order valence-corrected chi connectivity index (χ0v) is 8.41. The molecule has 3 heteroatoms. The second-order valence-corrected chi connectivity index (χ2v) is 3.24. The maximum absolute atomic E-state index is 5.17. The van der Waals surface area contributed by atoms with Crippen LogP contribution in [0.15, 0.2) is 23.4 Å². The first-order valence-corrected chi connectivity index (χ1v) is 4.62. The van der Waals surface area contributed by atoms with Crippen molar-refractivity contribution >= 4 is 5.71 Å². The standard InChI is InChI=1S/C11H13NO2/c1-13-9-5-3-8-4-6-11(12-14-2)10(8)7-9/h3,5,7H,4,6H2,1-2H3/b12-11-. The van der Waals surface area contributed by atoms with Crippen molar-refractivity contribution in [1.29, 1.82) is 0 Å². The molecule has 0 saturated heterocycles. The molecule has 0 fully saturated rings. The molecular weight excluding hydrogens is 178 g/mol. The van der Waals surface area contributed by atoms with Gasteiger partial charge in [0.15, 0.2) is 0 Å². The van der Waals surface area contributed by atoms with E-state index in [4.69, 9.17) is 9.57 Å². The van der Waals surface area contributed by atoms with Crippen LogP contribution < -0.4 is 4.74 Å². The van der Waals surface area contributed by atoms with Crippen LogP contribution in [0.4, 0.5) is 0 Å². The molecule has 0 aromatic heterocycles. The van der Waals surface area contributed by atoms with Gasteiger partial charge in [-0.1, -0.05) is 11.2 Å². The van der Waals surface area contributed by atoms with E-state index in [1.165, 1.54) is 5.56 Å². The number of rotatable bonds is 2. The first-order chi connectivity index (χ1) is 6.85. The SMILES string of the molecule is CO/N=C1/CCc2ccc(OC)cc21. The lowest BCUT2D eigenvalue weighted by molar-refractivity contribution is 0.213. The Hall–Kier alpha value is -1.51. The average Bonchev–Trinajstić information content (AvgIpc) is 2.61. The van der Waals surface area contributed by atoms with E-state index in [1.807, 2.05) is 12.1 Å². The highest BCUT2D eigenvalue weighted by Gasteiger charge is 2.18. The fraction of sp³-hybridized carbons (Fsp3) is 0.364. The third-order valence-corrected chi connectivity index (χ3v) is 2.46. The van der Waals surface area contributed by atoms with Gasteiger partial charge < -0.3 is 9.57 Å². The molecule has 3 nitrogen and oxygen atoms in total. The number of oxime groups is 1. The predicted molar refractivity (Wildman–Crippen MR) is 54.9 cm³/mol. The van der Waals surface area contributed by atoms with Gasteiger partial charge in [-0.2, -0.15) is 0 Å². The summed E-state index contributed by atoms with van der Waals surface area (Å²) in [6, 6.07) is 6.08. The number of ether oxygens (including phenoxy) is 1. The Bertz CT molecular complexity index is 372. The third kappa shape index (κ3) is 1.45. The molecule has 0 N–H and O–H groups in total. The van der Waals surface area contributed by atoms with Crippen molar-refractivity contribution in [1.82, 2.24) is 0 Å². The minimum atomic E-state index is 0.870. The number of hydrogen-bond acceptors (Lipinski definition) is 3. The van der Waals surface area contributed by atoms with Crippen LogP contribution in [0.1, 0.15) is 17.5 Å². The second kappa shape index (κ2) is 3.70. The summed E-state index contributed by atoms with van der Waals surface area (Å²) in [7, 11) is 3.25. The highest BCUT2D eigenvalue weighted by atomic mass is 16.6. The van der Waals surface area contributed by atoms with Gasteiger partial charge in [-0.3, -0.25) is 0 Å². The molecule has 1 aliphatic carbocycles. The number of aryl methyl sites for hydroxylation is 1. The summed E-state index contributed by atoms with van der Waals surface area (Å²) < 4.78 is 5.17. The van der Waals surface area contributed by atoms with Gasteiger partial charge in [0.2, 0.25) is 0 Å². The Morgan fingerprint density at radius 2 is 2.07 bits per heavy atom. The fourth-order valence-electron chi connectivity index (χ4n) is 1.76. The van der Waals surface area contributed by atoms with Crippen molar-refractivity contribution < 1.29 is 9.57 Å². The number of benzene rings is 1. The molecule has 14 heavy (non-hydrogen) atoms. The summed E-state index contributed by atoms with van der Waals surface area (Å²) in [4.78, 5) is 4.80. The molecule has 0 spiro atoms. The molecule has 1 aromatic carbocycles. The van der Waals surface area contributed by atoms with Gasteiger partial charge in [0.1, 0.15) is 12.9 Å². The van der Waals surface area contributed by atoms with Crippen LogP contribution in [-0.2, 0) is 11.3 Å². The van der Waals surface area contributed by atoms with Crippen molar-refractivity contribution in [2.75, 3.05) is 14.2 Å².